The molecule has 0 aromatic heterocycles. The Morgan fingerprint density at radius 3 is 2.68 bits per heavy atom. The van der Waals surface area contributed by atoms with Gasteiger partial charge in [-0.15, -0.1) is 0 Å². The van der Waals surface area contributed by atoms with Crippen molar-refractivity contribution in [3.05, 3.63) is 54.1 Å². The molecular weight excluding hydrogens is 358 g/mol. The molecule has 0 spiro atoms. The van der Waals surface area contributed by atoms with Crippen LogP contribution >= 0.6 is 0 Å². The minimum atomic E-state index is -0.275. The largest absolute Gasteiger partial charge is 0.497 e. The fraction of sp³-hybridized carbons (Fsp3) is 0.333. The van der Waals surface area contributed by atoms with E-state index < -0.39 is 0 Å². The highest BCUT2D eigenvalue weighted by Gasteiger charge is 2.23. The first-order valence-electron chi connectivity index (χ1n) is 9.25. The van der Waals surface area contributed by atoms with E-state index in [-0.39, 0.29) is 24.5 Å². The normalized spacial score (nSPS) is 16.4. The van der Waals surface area contributed by atoms with Gasteiger partial charge < -0.3 is 25.0 Å². The Kier molecular flexibility index (Phi) is 6.49. The van der Waals surface area contributed by atoms with Crippen LogP contribution in [-0.4, -0.2) is 56.1 Å². The summed E-state index contributed by atoms with van der Waals surface area (Å²) in [4.78, 5) is 26.6. The molecule has 2 aromatic carbocycles. The van der Waals surface area contributed by atoms with Crippen LogP contribution < -0.4 is 20.1 Å². The molecule has 1 atom stereocenters. The lowest BCUT2D eigenvalue weighted by atomic mass is 10.1. The van der Waals surface area contributed by atoms with Crippen LogP contribution in [0.15, 0.2) is 48.5 Å². The Bertz CT molecular complexity index is 823. The van der Waals surface area contributed by atoms with Gasteiger partial charge in [0.1, 0.15) is 11.5 Å². The van der Waals surface area contributed by atoms with E-state index in [1.54, 1.807) is 55.6 Å². The third-order valence-electron chi connectivity index (χ3n) is 4.59. The van der Waals surface area contributed by atoms with Gasteiger partial charge in [0.25, 0.3) is 11.8 Å². The number of nitrogens with one attached hydrogen (secondary N) is 2. The van der Waals surface area contributed by atoms with Crippen LogP contribution in [0.3, 0.4) is 0 Å². The van der Waals surface area contributed by atoms with E-state index in [9.17, 15) is 9.59 Å². The number of hydrogen-bond donors (Lipinski definition) is 2. The van der Waals surface area contributed by atoms with Crippen LogP contribution in [0.5, 0.6) is 11.5 Å². The van der Waals surface area contributed by atoms with E-state index in [4.69, 9.17) is 9.47 Å². The summed E-state index contributed by atoms with van der Waals surface area (Å²) in [5, 5.41) is 6.03. The smallest absolute Gasteiger partial charge is 0.262 e. The average Bonchev–Trinajstić information content (AvgIpc) is 2.72. The van der Waals surface area contributed by atoms with Crippen LogP contribution in [0.25, 0.3) is 0 Å². The Balaban J connectivity index is 1.52. The summed E-state index contributed by atoms with van der Waals surface area (Å²) in [5.74, 6) is 0.933. The Hall–Kier alpha value is -3.06. The lowest BCUT2D eigenvalue weighted by molar-refractivity contribution is -0.118. The summed E-state index contributed by atoms with van der Waals surface area (Å²) in [6.45, 7) is 4.21. The molecule has 148 valence electrons. The van der Waals surface area contributed by atoms with Crippen molar-refractivity contribution < 1.29 is 19.1 Å². The summed E-state index contributed by atoms with van der Waals surface area (Å²) in [7, 11) is 1.57. The van der Waals surface area contributed by atoms with Gasteiger partial charge >= 0.3 is 0 Å². The molecule has 1 aliphatic heterocycles. The number of amides is 2. The molecular formula is C21H25N3O4. The molecule has 7 nitrogen and oxygen atoms in total. The van der Waals surface area contributed by atoms with Gasteiger partial charge in [-0.2, -0.15) is 0 Å². The fourth-order valence-electron chi connectivity index (χ4n) is 3.05. The summed E-state index contributed by atoms with van der Waals surface area (Å²) >= 11 is 0. The molecule has 1 heterocycles. The molecule has 28 heavy (non-hydrogen) atoms. The zero-order valence-corrected chi connectivity index (χ0v) is 16.1. The van der Waals surface area contributed by atoms with Crippen LogP contribution in [-0.2, 0) is 4.79 Å². The van der Waals surface area contributed by atoms with Crippen LogP contribution in [0.2, 0.25) is 0 Å². The minimum Gasteiger partial charge on any atom is -0.497 e. The first-order chi connectivity index (χ1) is 13.6. The van der Waals surface area contributed by atoms with Gasteiger partial charge in [-0.3, -0.25) is 9.59 Å². The average molecular weight is 383 g/mol. The van der Waals surface area contributed by atoms with Crippen molar-refractivity contribution >= 4 is 17.5 Å². The van der Waals surface area contributed by atoms with Gasteiger partial charge in [-0.05, 0) is 43.3 Å². The van der Waals surface area contributed by atoms with E-state index in [0.29, 0.717) is 29.3 Å². The summed E-state index contributed by atoms with van der Waals surface area (Å²) in [5.41, 5.74) is 1.25. The number of ether oxygens (including phenoxy) is 2. The van der Waals surface area contributed by atoms with E-state index in [0.717, 1.165) is 13.1 Å². The lowest BCUT2D eigenvalue weighted by Gasteiger charge is -2.34. The Morgan fingerprint density at radius 2 is 1.96 bits per heavy atom. The minimum absolute atomic E-state index is 0.0105. The zero-order chi connectivity index (χ0) is 19.9. The quantitative estimate of drug-likeness (QED) is 0.799. The van der Waals surface area contributed by atoms with E-state index in [1.807, 2.05) is 11.8 Å². The van der Waals surface area contributed by atoms with Crippen molar-refractivity contribution in [2.75, 3.05) is 38.7 Å². The molecule has 7 heteroatoms. The predicted octanol–water partition coefficient (Wildman–Crippen LogP) is 2.15. The molecule has 2 aromatic rings. The van der Waals surface area contributed by atoms with Crippen molar-refractivity contribution in [3.8, 4) is 11.5 Å². The van der Waals surface area contributed by atoms with Crippen molar-refractivity contribution in [1.82, 2.24) is 10.2 Å². The van der Waals surface area contributed by atoms with E-state index in [1.165, 1.54) is 0 Å². The maximum Gasteiger partial charge on any atom is 0.262 e. The van der Waals surface area contributed by atoms with Gasteiger partial charge in [0, 0.05) is 43.0 Å². The molecule has 2 amide bonds. The van der Waals surface area contributed by atoms with Crippen molar-refractivity contribution in [2.24, 2.45) is 0 Å². The number of carbonyl (C=O) groups excluding carboxylic acids is 2. The van der Waals surface area contributed by atoms with Crippen LogP contribution in [0.4, 0.5) is 5.69 Å². The Labute approximate surface area is 164 Å². The highest BCUT2D eigenvalue weighted by molar-refractivity contribution is 5.94. The number of anilines is 1. The second kappa shape index (κ2) is 9.23. The molecule has 0 radical (unpaired) electrons. The maximum atomic E-state index is 12.6. The van der Waals surface area contributed by atoms with Gasteiger partial charge in [0.05, 0.1) is 7.11 Å². The molecule has 0 saturated carbocycles. The maximum absolute atomic E-state index is 12.6. The highest BCUT2D eigenvalue weighted by atomic mass is 16.5. The number of benzene rings is 2. The second-order valence-corrected chi connectivity index (χ2v) is 6.64. The van der Waals surface area contributed by atoms with Crippen molar-refractivity contribution in [2.45, 2.75) is 13.0 Å². The van der Waals surface area contributed by atoms with Gasteiger partial charge in [0.15, 0.2) is 6.61 Å². The van der Waals surface area contributed by atoms with E-state index in [2.05, 4.69) is 10.6 Å². The summed E-state index contributed by atoms with van der Waals surface area (Å²) in [6, 6.07) is 14.1. The molecule has 1 saturated heterocycles. The molecule has 2 N–H and O–H groups in total. The topological polar surface area (TPSA) is 79.9 Å². The van der Waals surface area contributed by atoms with Crippen LogP contribution in [0.1, 0.15) is 17.3 Å². The van der Waals surface area contributed by atoms with Crippen molar-refractivity contribution in [1.29, 1.82) is 0 Å². The van der Waals surface area contributed by atoms with Gasteiger partial charge in [-0.1, -0.05) is 6.07 Å². The first kappa shape index (κ1) is 19.7. The van der Waals surface area contributed by atoms with Crippen LogP contribution in [0, 0.1) is 0 Å². The molecule has 1 aliphatic rings. The van der Waals surface area contributed by atoms with Gasteiger partial charge in [0.2, 0.25) is 0 Å². The molecule has 0 bridgehead atoms. The fourth-order valence-corrected chi connectivity index (χ4v) is 3.05. The summed E-state index contributed by atoms with van der Waals surface area (Å²) in [6.07, 6.45) is 0. The number of piperazine rings is 1. The monoisotopic (exact) mass is 383 g/mol. The lowest BCUT2D eigenvalue weighted by Crippen LogP contribution is -2.52. The number of methoxy groups -OCH3 is 1. The Morgan fingerprint density at radius 1 is 1.18 bits per heavy atom. The predicted molar refractivity (Wildman–Crippen MR) is 107 cm³/mol. The molecule has 1 fully saturated rings. The second-order valence-electron chi connectivity index (χ2n) is 6.64. The standard InChI is InChI=1S/C21H25N3O4/c1-15-13-22-10-11-24(15)21(26)16-6-8-18(9-7-16)28-14-20(25)23-17-4-3-5-19(12-17)27-2/h3-9,12,15,22H,10-11,13-14H2,1-2H3,(H,23,25). The summed E-state index contributed by atoms with van der Waals surface area (Å²) < 4.78 is 10.6. The third-order valence-corrected chi connectivity index (χ3v) is 4.59. The highest BCUT2D eigenvalue weighted by Crippen LogP contribution is 2.18. The molecule has 3 rings (SSSR count). The number of rotatable bonds is 6. The zero-order valence-electron chi connectivity index (χ0n) is 16.1. The third kappa shape index (κ3) is 5.01. The molecule has 1 unspecified atom stereocenters. The molecule has 0 aliphatic carbocycles. The first-order valence-corrected chi connectivity index (χ1v) is 9.25. The SMILES string of the molecule is COc1cccc(NC(=O)COc2ccc(C(=O)N3CCNCC3C)cc2)c1. The van der Waals surface area contributed by atoms with Crippen molar-refractivity contribution in [3.63, 3.8) is 0 Å². The van der Waals surface area contributed by atoms with E-state index >= 15 is 0 Å². The number of carbonyl (C=O) groups is 2. The number of hydrogen-bond acceptors (Lipinski definition) is 5. The number of nitrogens with zero attached hydrogens (tertiary/aromatic N) is 1. The van der Waals surface area contributed by atoms with Gasteiger partial charge in [-0.25, -0.2) is 0 Å².